The molecule has 3 rings (SSSR count). The zero-order valence-electron chi connectivity index (χ0n) is 15.1. The Morgan fingerprint density at radius 2 is 1.96 bits per heavy atom. The molecule has 0 aliphatic carbocycles. The first-order valence-corrected chi connectivity index (χ1v) is 9.00. The summed E-state index contributed by atoms with van der Waals surface area (Å²) in [4.78, 5) is 15.6. The van der Waals surface area contributed by atoms with Gasteiger partial charge in [-0.25, -0.2) is 0 Å². The zero-order chi connectivity index (χ0) is 18.5. The van der Waals surface area contributed by atoms with Crippen LogP contribution in [-0.2, 0) is 0 Å². The third-order valence-corrected chi connectivity index (χ3v) is 4.52. The Morgan fingerprint density at radius 1 is 1.15 bits per heavy atom. The van der Waals surface area contributed by atoms with Gasteiger partial charge in [-0.1, -0.05) is 42.0 Å². The number of amides is 1. The van der Waals surface area contributed by atoms with Gasteiger partial charge < -0.3 is 21.8 Å². The van der Waals surface area contributed by atoms with Crippen molar-refractivity contribution in [2.45, 2.75) is 25.8 Å². The fourth-order valence-corrected chi connectivity index (χ4v) is 3.05. The number of benzene rings is 2. The van der Waals surface area contributed by atoms with E-state index in [4.69, 9.17) is 11.5 Å². The number of nitrogens with two attached hydrogens (primary N) is 2. The van der Waals surface area contributed by atoms with E-state index >= 15 is 0 Å². The molecule has 136 valence electrons. The van der Waals surface area contributed by atoms with E-state index in [-0.39, 0.29) is 11.9 Å². The Hall–Kier alpha value is -2.63. The second-order valence-corrected chi connectivity index (χ2v) is 6.76. The second kappa shape index (κ2) is 8.17. The van der Waals surface area contributed by atoms with Crippen LogP contribution >= 0.6 is 0 Å². The number of nitrogens with one attached hydrogen (secondary N) is 2. The zero-order valence-corrected chi connectivity index (χ0v) is 15.1. The number of carbonyl (C=O) groups excluding carboxylic acids is 1. The number of fused-ring (bicyclic) bond motifs is 1. The van der Waals surface area contributed by atoms with E-state index < -0.39 is 0 Å². The molecular weight excluding hydrogens is 324 g/mol. The third kappa shape index (κ3) is 4.31. The molecule has 2 aromatic carbocycles. The van der Waals surface area contributed by atoms with Gasteiger partial charge in [-0.2, -0.15) is 0 Å². The molecule has 6 N–H and O–H groups in total. The third-order valence-electron chi connectivity index (χ3n) is 4.52. The highest BCUT2D eigenvalue weighted by molar-refractivity contribution is 5.98. The molecule has 26 heavy (non-hydrogen) atoms. The van der Waals surface area contributed by atoms with Crippen LogP contribution < -0.4 is 16.8 Å². The lowest BCUT2D eigenvalue weighted by molar-refractivity contribution is 0.0946. The lowest BCUT2D eigenvalue weighted by Crippen LogP contribution is -2.37. The summed E-state index contributed by atoms with van der Waals surface area (Å²) in [5, 5.41) is 3.90. The normalized spacial score (nSPS) is 12.3. The topological polar surface area (TPSA) is 96.9 Å². The maximum Gasteiger partial charge on any atom is 0.267 e. The molecule has 5 heteroatoms. The molecule has 0 fully saturated rings. The molecule has 1 atom stereocenters. The molecule has 0 bridgehead atoms. The van der Waals surface area contributed by atoms with E-state index in [0.29, 0.717) is 18.8 Å². The largest absolute Gasteiger partial charge is 0.351 e. The van der Waals surface area contributed by atoms with Crippen LogP contribution in [0.4, 0.5) is 0 Å². The fourth-order valence-electron chi connectivity index (χ4n) is 3.05. The fraction of sp³-hybridized carbons (Fsp3) is 0.286. The van der Waals surface area contributed by atoms with Crippen LogP contribution in [0.3, 0.4) is 0 Å². The van der Waals surface area contributed by atoms with Gasteiger partial charge in [0, 0.05) is 23.5 Å². The van der Waals surface area contributed by atoms with Crippen LogP contribution in [0.1, 0.15) is 28.9 Å². The number of carbonyl (C=O) groups is 1. The first-order valence-electron chi connectivity index (χ1n) is 9.00. The Kier molecular flexibility index (Phi) is 5.71. The standard InChI is InChI=1S/C21H26N4O/c1-14-4-2-5-15(10-14)16-7-8-17-12-20(25-19(17)11-16)21(26)24-13-18(23)6-3-9-22/h2,4-5,7-8,10-12,18,25H,3,6,9,13,22-23H2,1H3,(H,24,26)/t18-/m0/s1. The summed E-state index contributed by atoms with van der Waals surface area (Å²) in [5.74, 6) is -0.137. The number of aromatic nitrogens is 1. The highest BCUT2D eigenvalue weighted by Crippen LogP contribution is 2.25. The number of rotatable bonds is 7. The van der Waals surface area contributed by atoms with Gasteiger partial charge >= 0.3 is 0 Å². The summed E-state index contributed by atoms with van der Waals surface area (Å²) in [6.45, 7) is 3.15. The Morgan fingerprint density at radius 3 is 2.73 bits per heavy atom. The van der Waals surface area contributed by atoms with Gasteiger partial charge in [-0.15, -0.1) is 0 Å². The summed E-state index contributed by atoms with van der Waals surface area (Å²) in [7, 11) is 0. The first-order chi connectivity index (χ1) is 12.6. The van der Waals surface area contributed by atoms with Gasteiger partial charge in [-0.3, -0.25) is 4.79 Å². The van der Waals surface area contributed by atoms with Crippen molar-refractivity contribution in [1.29, 1.82) is 0 Å². The van der Waals surface area contributed by atoms with Crippen LogP contribution in [0.25, 0.3) is 22.0 Å². The predicted molar refractivity (Wildman–Crippen MR) is 107 cm³/mol. The number of aromatic amines is 1. The molecule has 0 saturated carbocycles. The number of hydrogen-bond donors (Lipinski definition) is 4. The Balaban J connectivity index is 1.74. The Labute approximate surface area is 153 Å². The average molecular weight is 350 g/mol. The van der Waals surface area contributed by atoms with Gasteiger partial charge in [0.05, 0.1) is 0 Å². The van der Waals surface area contributed by atoms with Crippen LogP contribution in [0.15, 0.2) is 48.5 Å². The van der Waals surface area contributed by atoms with Crippen molar-refractivity contribution in [3.8, 4) is 11.1 Å². The van der Waals surface area contributed by atoms with E-state index in [1.54, 1.807) is 0 Å². The number of H-pyrrole nitrogens is 1. The molecule has 0 aliphatic heterocycles. The van der Waals surface area contributed by atoms with Gasteiger partial charge in [0.15, 0.2) is 0 Å². The van der Waals surface area contributed by atoms with Gasteiger partial charge in [-0.05, 0) is 49.6 Å². The maximum absolute atomic E-state index is 12.4. The van der Waals surface area contributed by atoms with Crippen molar-refractivity contribution in [2.24, 2.45) is 11.5 Å². The molecule has 0 saturated heterocycles. The first kappa shape index (κ1) is 18.2. The highest BCUT2D eigenvalue weighted by Gasteiger charge is 2.11. The maximum atomic E-state index is 12.4. The minimum absolute atomic E-state index is 0.0696. The van der Waals surface area contributed by atoms with E-state index in [9.17, 15) is 4.79 Å². The van der Waals surface area contributed by atoms with Crippen molar-refractivity contribution in [3.63, 3.8) is 0 Å². The van der Waals surface area contributed by atoms with Gasteiger partial charge in [0.2, 0.25) is 0 Å². The number of aryl methyl sites for hydroxylation is 1. The van der Waals surface area contributed by atoms with Crippen molar-refractivity contribution < 1.29 is 4.79 Å². The quantitative estimate of drug-likeness (QED) is 0.527. The second-order valence-electron chi connectivity index (χ2n) is 6.76. The summed E-state index contributed by atoms with van der Waals surface area (Å²) >= 11 is 0. The predicted octanol–water partition coefficient (Wildman–Crippen LogP) is 2.94. The lowest BCUT2D eigenvalue weighted by atomic mass is 10.0. The van der Waals surface area contributed by atoms with E-state index in [1.807, 2.05) is 12.1 Å². The van der Waals surface area contributed by atoms with Crippen molar-refractivity contribution in [2.75, 3.05) is 13.1 Å². The molecule has 1 aromatic heterocycles. The van der Waals surface area contributed by atoms with Crippen molar-refractivity contribution in [1.82, 2.24) is 10.3 Å². The lowest BCUT2D eigenvalue weighted by Gasteiger charge is -2.11. The van der Waals surface area contributed by atoms with Gasteiger partial charge in [0.1, 0.15) is 5.69 Å². The molecule has 5 nitrogen and oxygen atoms in total. The summed E-state index contributed by atoms with van der Waals surface area (Å²) in [6, 6.07) is 16.4. The summed E-state index contributed by atoms with van der Waals surface area (Å²) < 4.78 is 0. The van der Waals surface area contributed by atoms with Crippen LogP contribution in [0.2, 0.25) is 0 Å². The average Bonchev–Trinajstić information content (AvgIpc) is 3.07. The molecule has 1 amide bonds. The van der Waals surface area contributed by atoms with E-state index in [2.05, 4.69) is 53.6 Å². The van der Waals surface area contributed by atoms with E-state index in [0.717, 1.165) is 29.3 Å². The molecule has 1 heterocycles. The van der Waals surface area contributed by atoms with Crippen molar-refractivity contribution >= 4 is 16.8 Å². The van der Waals surface area contributed by atoms with Crippen LogP contribution in [0.5, 0.6) is 0 Å². The highest BCUT2D eigenvalue weighted by atomic mass is 16.1. The molecule has 0 aliphatic rings. The SMILES string of the molecule is Cc1cccc(-c2ccc3cc(C(=O)NC[C@@H](N)CCCN)[nH]c3c2)c1. The van der Waals surface area contributed by atoms with Gasteiger partial charge in [0.25, 0.3) is 5.91 Å². The van der Waals surface area contributed by atoms with E-state index in [1.165, 1.54) is 11.1 Å². The van der Waals surface area contributed by atoms with Crippen molar-refractivity contribution in [3.05, 3.63) is 59.8 Å². The monoisotopic (exact) mass is 350 g/mol. The molecular formula is C21H26N4O. The molecule has 0 spiro atoms. The summed E-state index contributed by atoms with van der Waals surface area (Å²) in [6.07, 6.45) is 1.68. The Bertz CT molecular complexity index is 900. The molecule has 3 aromatic rings. The summed E-state index contributed by atoms with van der Waals surface area (Å²) in [5.41, 5.74) is 16.5. The van der Waals surface area contributed by atoms with Crippen LogP contribution in [-0.4, -0.2) is 30.0 Å². The molecule has 0 radical (unpaired) electrons. The molecule has 0 unspecified atom stereocenters. The minimum Gasteiger partial charge on any atom is -0.351 e. The number of hydrogen-bond acceptors (Lipinski definition) is 3. The minimum atomic E-state index is -0.137. The van der Waals surface area contributed by atoms with Crippen LogP contribution in [0, 0.1) is 6.92 Å². The smallest absolute Gasteiger partial charge is 0.267 e.